The fourth-order valence-electron chi connectivity index (χ4n) is 4.14. The van der Waals surface area contributed by atoms with Crippen LogP contribution in [-0.2, 0) is 0 Å². The predicted octanol–water partition coefficient (Wildman–Crippen LogP) is 4.14. The van der Waals surface area contributed by atoms with E-state index in [0.717, 1.165) is 46.4 Å². The number of aromatic nitrogens is 4. The van der Waals surface area contributed by atoms with E-state index in [-0.39, 0.29) is 5.54 Å². The molecule has 3 aromatic heterocycles. The van der Waals surface area contributed by atoms with Gasteiger partial charge in [0.25, 0.3) is 0 Å². The molecule has 1 saturated heterocycles. The Bertz CT molecular complexity index is 1340. The second-order valence-electron chi connectivity index (χ2n) is 8.17. The normalized spacial score (nSPS) is 18.5. The number of anilines is 1. The molecule has 0 radical (unpaired) electrons. The van der Waals surface area contributed by atoms with E-state index in [1.807, 2.05) is 36.7 Å². The van der Waals surface area contributed by atoms with Crippen molar-refractivity contribution in [1.82, 2.24) is 19.9 Å². The van der Waals surface area contributed by atoms with Gasteiger partial charge < -0.3 is 15.6 Å². The fourth-order valence-corrected chi connectivity index (χ4v) is 4.36. The van der Waals surface area contributed by atoms with Gasteiger partial charge in [0.1, 0.15) is 23.1 Å². The molecule has 1 unspecified atom stereocenters. The SMILES string of the molecule is CC1(N)CCN(c2c(-c3ccnc(C#N)c3)cncc2-c2nc3c(Cl)cccc3[nH]2)C1. The van der Waals surface area contributed by atoms with Crippen molar-refractivity contribution in [2.45, 2.75) is 18.9 Å². The molecule has 3 N–H and O–H groups in total. The van der Waals surface area contributed by atoms with Crippen molar-refractivity contribution in [2.75, 3.05) is 18.0 Å². The molecule has 5 rings (SSSR count). The smallest absolute Gasteiger partial charge is 0.142 e. The van der Waals surface area contributed by atoms with Crippen molar-refractivity contribution < 1.29 is 0 Å². The number of halogens is 1. The third-order valence-electron chi connectivity index (χ3n) is 5.64. The quantitative estimate of drug-likeness (QED) is 0.506. The minimum absolute atomic E-state index is 0.287. The highest BCUT2D eigenvalue weighted by Gasteiger charge is 2.33. The van der Waals surface area contributed by atoms with Gasteiger partial charge in [0, 0.05) is 42.8 Å². The number of hydrogen-bond donors (Lipinski definition) is 2. The van der Waals surface area contributed by atoms with Gasteiger partial charge in [-0.25, -0.2) is 9.97 Å². The number of hydrogen-bond acceptors (Lipinski definition) is 6. The van der Waals surface area contributed by atoms with Crippen molar-refractivity contribution in [3.05, 3.63) is 59.6 Å². The number of benzene rings is 1. The van der Waals surface area contributed by atoms with Gasteiger partial charge in [-0.3, -0.25) is 4.98 Å². The van der Waals surface area contributed by atoms with E-state index in [4.69, 9.17) is 22.3 Å². The van der Waals surface area contributed by atoms with Crippen LogP contribution in [0.5, 0.6) is 0 Å². The summed E-state index contributed by atoms with van der Waals surface area (Å²) in [5.41, 5.74) is 11.7. The summed E-state index contributed by atoms with van der Waals surface area (Å²) in [7, 11) is 0. The number of nitriles is 1. The number of rotatable bonds is 3. The van der Waals surface area contributed by atoms with Crippen LogP contribution in [0.15, 0.2) is 48.9 Å². The summed E-state index contributed by atoms with van der Waals surface area (Å²) in [6.45, 7) is 3.58. The standard InChI is InChI=1S/C23H20ClN7/c1-23(26)6-8-31(13-23)21-16(14-5-7-28-15(9-14)10-25)11-27-12-17(21)22-29-19-4-2-3-18(24)20(19)30-22/h2-5,7,9,11-12H,6,8,13,26H2,1H3,(H,29,30). The van der Waals surface area contributed by atoms with Crippen LogP contribution >= 0.6 is 11.6 Å². The van der Waals surface area contributed by atoms with Crippen molar-refractivity contribution in [2.24, 2.45) is 5.73 Å². The van der Waals surface area contributed by atoms with Gasteiger partial charge in [0.15, 0.2) is 0 Å². The minimum atomic E-state index is -0.287. The third-order valence-corrected chi connectivity index (χ3v) is 5.95. The maximum atomic E-state index is 9.32. The zero-order valence-electron chi connectivity index (χ0n) is 16.9. The highest BCUT2D eigenvalue weighted by atomic mass is 35.5. The van der Waals surface area contributed by atoms with Crippen LogP contribution in [0, 0.1) is 11.3 Å². The minimum Gasteiger partial charge on any atom is -0.368 e. The largest absolute Gasteiger partial charge is 0.368 e. The van der Waals surface area contributed by atoms with Crippen molar-refractivity contribution in [3.8, 4) is 28.6 Å². The average Bonchev–Trinajstić information content (AvgIpc) is 3.37. The number of imidazole rings is 1. The molecule has 7 nitrogen and oxygen atoms in total. The van der Waals surface area contributed by atoms with Crippen LogP contribution < -0.4 is 10.6 Å². The topological polar surface area (TPSA) is 108 Å². The molecule has 154 valence electrons. The Kier molecular flexibility index (Phi) is 4.62. The summed E-state index contributed by atoms with van der Waals surface area (Å²) in [6.07, 6.45) is 6.14. The molecule has 0 saturated carbocycles. The van der Waals surface area contributed by atoms with Gasteiger partial charge in [-0.2, -0.15) is 5.26 Å². The third kappa shape index (κ3) is 3.50. The molecule has 31 heavy (non-hydrogen) atoms. The lowest BCUT2D eigenvalue weighted by molar-refractivity contribution is 0.525. The summed E-state index contributed by atoms with van der Waals surface area (Å²) in [5, 5.41) is 9.91. The Labute approximate surface area is 184 Å². The lowest BCUT2D eigenvalue weighted by Crippen LogP contribution is -2.39. The van der Waals surface area contributed by atoms with E-state index in [0.29, 0.717) is 23.1 Å². The monoisotopic (exact) mass is 429 g/mol. The number of nitrogens with two attached hydrogens (primary N) is 1. The molecule has 0 aliphatic carbocycles. The van der Waals surface area contributed by atoms with E-state index < -0.39 is 0 Å². The van der Waals surface area contributed by atoms with Gasteiger partial charge >= 0.3 is 0 Å². The highest BCUT2D eigenvalue weighted by Crippen LogP contribution is 2.41. The van der Waals surface area contributed by atoms with E-state index in [1.54, 1.807) is 12.3 Å². The molecular formula is C23H20ClN7. The van der Waals surface area contributed by atoms with Gasteiger partial charge in [0.05, 0.1) is 21.8 Å². The van der Waals surface area contributed by atoms with Gasteiger partial charge in [0.2, 0.25) is 0 Å². The Morgan fingerprint density at radius 3 is 2.84 bits per heavy atom. The van der Waals surface area contributed by atoms with E-state index >= 15 is 0 Å². The number of nitrogens with one attached hydrogen (secondary N) is 1. The number of H-pyrrole nitrogens is 1. The lowest BCUT2D eigenvalue weighted by atomic mass is 10.0. The second kappa shape index (κ2) is 7.34. The van der Waals surface area contributed by atoms with Crippen LogP contribution in [-0.4, -0.2) is 38.6 Å². The Balaban J connectivity index is 1.74. The number of nitrogens with zero attached hydrogens (tertiary/aromatic N) is 5. The summed E-state index contributed by atoms with van der Waals surface area (Å²) < 4.78 is 0. The first-order chi connectivity index (χ1) is 14.9. The van der Waals surface area contributed by atoms with Gasteiger partial charge in [-0.05, 0) is 43.2 Å². The molecular weight excluding hydrogens is 410 g/mol. The number of pyridine rings is 2. The van der Waals surface area contributed by atoms with E-state index in [9.17, 15) is 5.26 Å². The molecule has 0 spiro atoms. The molecule has 1 atom stereocenters. The second-order valence-corrected chi connectivity index (χ2v) is 8.58. The summed E-state index contributed by atoms with van der Waals surface area (Å²) in [6, 6.07) is 11.4. The predicted molar refractivity (Wildman–Crippen MR) is 122 cm³/mol. The zero-order valence-corrected chi connectivity index (χ0v) is 17.7. The van der Waals surface area contributed by atoms with E-state index in [2.05, 4.69) is 32.8 Å². The summed E-state index contributed by atoms with van der Waals surface area (Å²) in [5.74, 6) is 0.688. The molecule has 8 heteroatoms. The number of para-hydroxylation sites is 1. The van der Waals surface area contributed by atoms with Crippen LogP contribution in [0.25, 0.3) is 33.5 Å². The van der Waals surface area contributed by atoms with Crippen molar-refractivity contribution >= 4 is 28.3 Å². The first kappa shape index (κ1) is 19.5. The summed E-state index contributed by atoms with van der Waals surface area (Å²) in [4.78, 5) is 19.0. The van der Waals surface area contributed by atoms with Crippen LogP contribution in [0.4, 0.5) is 5.69 Å². The van der Waals surface area contributed by atoms with Crippen LogP contribution in [0.2, 0.25) is 5.02 Å². The molecule has 1 aliphatic rings. The molecule has 1 fully saturated rings. The molecule has 4 heterocycles. The first-order valence-electron chi connectivity index (χ1n) is 9.98. The number of aromatic amines is 1. The number of fused-ring (bicyclic) bond motifs is 1. The maximum Gasteiger partial charge on any atom is 0.142 e. The summed E-state index contributed by atoms with van der Waals surface area (Å²) >= 11 is 6.36. The fraction of sp³-hybridized carbons (Fsp3) is 0.217. The van der Waals surface area contributed by atoms with Gasteiger partial charge in [-0.1, -0.05) is 17.7 Å². The Hall–Kier alpha value is -3.47. The van der Waals surface area contributed by atoms with Crippen LogP contribution in [0.1, 0.15) is 19.0 Å². The average molecular weight is 430 g/mol. The highest BCUT2D eigenvalue weighted by molar-refractivity contribution is 6.35. The molecule has 0 bridgehead atoms. The molecule has 1 aromatic carbocycles. The van der Waals surface area contributed by atoms with E-state index in [1.165, 1.54) is 0 Å². The van der Waals surface area contributed by atoms with Crippen LogP contribution in [0.3, 0.4) is 0 Å². The van der Waals surface area contributed by atoms with Crippen molar-refractivity contribution in [3.63, 3.8) is 0 Å². The molecule has 1 aliphatic heterocycles. The van der Waals surface area contributed by atoms with Gasteiger partial charge in [-0.15, -0.1) is 0 Å². The Morgan fingerprint density at radius 2 is 2.10 bits per heavy atom. The first-order valence-corrected chi connectivity index (χ1v) is 10.4. The molecule has 4 aromatic rings. The molecule has 0 amide bonds. The van der Waals surface area contributed by atoms with Crippen molar-refractivity contribution in [1.29, 1.82) is 5.26 Å². The lowest BCUT2D eigenvalue weighted by Gasteiger charge is -2.26. The maximum absolute atomic E-state index is 9.32. The zero-order chi connectivity index (χ0) is 21.6. The Morgan fingerprint density at radius 1 is 1.26 bits per heavy atom.